The first-order valence-corrected chi connectivity index (χ1v) is 12.4. The van der Waals surface area contributed by atoms with Crippen molar-refractivity contribution in [1.82, 2.24) is 0 Å². The Balaban J connectivity index is 0.00000364. The molecule has 4 heteroatoms. The molecule has 2 heterocycles. The Morgan fingerprint density at radius 1 is 0.429 bits per heavy atom. The highest BCUT2D eigenvalue weighted by Gasteiger charge is 2.27. The molecule has 2 nitrogen and oxygen atoms in total. The molecule has 0 unspecified atom stereocenters. The number of nitrogens with zero attached hydrogens (tertiary/aromatic N) is 2. The van der Waals surface area contributed by atoms with Crippen LogP contribution in [-0.4, -0.2) is 61.3 Å². The molecule has 0 radical (unpaired) electrons. The summed E-state index contributed by atoms with van der Waals surface area (Å²) < 4.78 is 2.88. The lowest BCUT2D eigenvalue weighted by Gasteiger charge is -2.41. The monoisotopic (exact) mass is 524 g/mol. The third-order valence-corrected chi connectivity index (χ3v) is 7.89. The van der Waals surface area contributed by atoms with E-state index in [1.165, 1.54) is 151 Å². The zero-order chi connectivity index (χ0) is 18.6. The van der Waals surface area contributed by atoms with Gasteiger partial charge >= 0.3 is 0 Å². The van der Waals surface area contributed by atoms with E-state index in [2.05, 4.69) is 13.8 Å². The van der Waals surface area contributed by atoms with Crippen molar-refractivity contribution in [3.05, 3.63) is 0 Å². The van der Waals surface area contributed by atoms with Crippen molar-refractivity contribution in [3.8, 4) is 0 Å². The molecule has 0 saturated carbocycles. The molecule has 2 rings (SSSR count). The summed E-state index contributed by atoms with van der Waals surface area (Å²) in [5, 5.41) is 0. The zero-order valence-corrected chi connectivity index (χ0v) is 22.4. The molecule has 0 aromatic rings. The molecule has 0 aliphatic carbocycles. The van der Waals surface area contributed by atoms with Crippen molar-refractivity contribution in [1.29, 1.82) is 0 Å². The largest absolute Gasteiger partial charge is 1.00 e. The first kappa shape index (κ1) is 28.9. The number of unbranched alkanes of at least 4 members (excludes halogenated alkanes) is 7. The molecule has 0 N–H and O–H groups in total. The van der Waals surface area contributed by atoms with Crippen LogP contribution in [0.1, 0.15) is 104 Å². The van der Waals surface area contributed by atoms with Crippen LogP contribution in [0.15, 0.2) is 0 Å². The molecule has 2 aliphatic rings. The fraction of sp³-hybridized carbons (Fsp3) is 1.00. The van der Waals surface area contributed by atoms with Crippen LogP contribution in [0.5, 0.6) is 0 Å². The van der Waals surface area contributed by atoms with Gasteiger partial charge in [0.15, 0.2) is 0 Å². The van der Waals surface area contributed by atoms with Crippen molar-refractivity contribution in [2.45, 2.75) is 104 Å². The Morgan fingerprint density at radius 2 is 0.714 bits per heavy atom. The molecule has 2 saturated heterocycles. The highest BCUT2D eigenvalue weighted by Crippen LogP contribution is 2.22. The molecule has 0 atom stereocenters. The Bertz CT molecular complexity index is 317. The fourth-order valence-electron chi connectivity index (χ4n) is 5.72. The summed E-state index contributed by atoms with van der Waals surface area (Å²) in [6.07, 6.45) is 20.7. The summed E-state index contributed by atoms with van der Waals surface area (Å²) in [6, 6.07) is 0. The normalized spacial score (nSPS) is 20.8. The molecule has 2 fully saturated rings. The highest BCUT2D eigenvalue weighted by molar-refractivity contribution is 4.56. The van der Waals surface area contributed by atoms with E-state index in [4.69, 9.17) is 0 Å². The predicted molar refractivity (Wildman–Crippen MR) is 115 cm³/mol. The van der Waals surface area contributed by atoms with Gasteiger partial charge in [-0.2, -0.15) is 0 Å². The molecular weight excluding hydrogens is 476 g/mol. The van der Waals surface area contributed by atoms with E-state index in [0.717, 1.165) is 0 Å². The van der Waals surface area contributed by atoms with Crippen LogP contribution in [0, 0.1) is 0 Å². The second kappa shape index (κ2) is 16.6. The average molecular weight is 526 g/mol. The van der Waals surface area contributed by atoms with Crippen molar-refractivity contribution in [2.24, 2.45) is 0 Å². The lowest BCUT2D eigenvalue weighted by molar-refractivity contribution is -0.931. The first-order chi connectivity index (χ1) is 12.7. The van der Waals surface area contributed by atoms with Gasteiger partial charge in [-0.15, -0.1) is 0 Å². The molecule has 0 aromatic heterocycles. The number of quaternary nitrogens is 2. The van der Waals surface area contributed by atoms with E-state index < -0.39 is 0 Å². The molecule has 0 aromatic carbocycles. The molecule has 28 heavy (non-hydrogen) atoms. The van der Waals surface area contributed by atoms with E-state index in [1.54, 1.807) is 0 Å². The average Bonchev–Trinajstić information content (AvgIpc) is 2.71. The van der Waals surface area contributed by atoms with Crippen LogP contribution < -0.4 is 34.0 Å². The molecule has 0 bridgehead atoms. The van der Waals surface area contributed by atoms with E-state index in [9.17, 15) is 0 Å². The van der Waals surface area contributed by atoms with E-state index in [-0.39, 0.29) is 34.0 Å². The first-order valence-electron chi connectivity index (χ1n) is 12.4. The standard InChI is InChI=1S/C24H50N2.2BrH/c1-3-25(21-15-11-16-22-25)19-13-9-7-5-6-8-10-14-20-26(4-2)23-17-12-18-24-26;;/h3-24H2,1-2H3;2*1H/q+2;;/p-2. The summed E-state index contributed by atoms with van der Waals surface area (Å²) in [6.45, 7) is 16.4. The van der Waals surface area contributed by atoms with Crippen LogP contribution in [-0.2, 0) is 0 Å². The van der Waals surface area contributed by atoms with E-state index >= 15 is 0 Å². The second-order valence-electron chi connectivity index (χ2n) is 9.61. The lowest BCUT2D eigenvalue weighted by atomic mass is 10.0. The third-order valence-electron chi connectivity index (χ3n) is 7.89. The number of likely N-dealkylation sites (tertiary alicyclic amines) is 2. The minimum atomic E-state index is 0. The maximum absolute atomic E-state index is 2.42. The van der Waals surface area contributed by atoms with E-state index in [0.29, 0.717) is 0 Å². The topological polar surface area (TPSA) is 0 Å². The van der Waals surface area contributed by atoms with Crippen molar-refractivity contribution in [2.75, 3.05) is 52.4 Å². The van der Waals surface area contributed by atoms with Gasteiger partial charge in [0, 0.05) is 0 Å². The van der Waals surface area contributed by atoms with Gasteiger partial charge in [0.2, 0.25) is 0 Å². The number of hydrogen-bond donors (Lipinski definition) is 0. The SMILES string of the molecule is CC[N+]1(CCCCCCCCCC[N+]2(CC)CCCCC2)CCCCC1.[Br-].[Br-]. The van der Waals surface area contributed by atoms with Gasteiger partial charge in [0.1, 0.15) is 0 Å². The number of rotatable bonds is 13. The smallest absolute Gasteiger partial charge is 0.0786 e. The van der Waals surface area contributed by atoms with Crippen LogP contribution in [0.25, 0.3) is 0 Å². The summed E-state index contributed by atoms with van der Waals surface area (Å²) in [4.78, 5) is 0. The zero-order valence-electron chi connectivity index (χ0n) is 19.2. The number of halogens is 2. The van der Waals surface area contributed by atoms with Gasteiger partial charge in [0.25, 0.3) is 0 Å². The maximum atomic E-state index is 2.42. The maximum Gasteiger partial charge on any atom is 0.0786 e. The minimum absolute atomic E-state index is 0. The van der Waals surface area contributed by atoms with E-state index in [1.807, 2.05) is 0 Å². The van der Waals surface area contributed by atoms with Gasteiger partial charge in [-0.3, -0.25) is 0 Å². The summed E-state index contributed by atoms with van der Waals surface area (Å²) >= 11 is 0. The van der Waals surface area contributed by atoms with Gasteiger partial charge in [-0.05, 0) is 78.1 Å². The van der Waals surface area contributed by atoms with Crippen molar-refractivity contribution >= 4 is 0 Å². The predicted octanol–water partition coefficient (Wildman–Crippen LogP) is 0.156. The van der Waals surface area contributed by atoms with Gasteiger partial charge in [-0.25, -0.2) is 0 Å². The lowest BCUT2D eigenvalue weighted by Crippen LogP contribution is -3.00. The second-order valence-corrected chi connectivity index (χ2v) is 9.61. The van der Waals surface area contributed by atoms with Gasteiger partial charge in [0.05, 0.1) is 52.4 Å². The highest BCUT2D eigenvalue weighted by atomic mass is 79.9. The van der Waals surface area contributed by atoms with Crippen LogP contribution >= 0.6 is 0 Å². The van der Waals surface area contributed by atoms with Crippen molar-refractivity contribution in [3.63, 3.8) is 0 Å². The molecule has 0 amide bonds. The third kappa shape index (κ3) is 10.3. The number of piperidine rings is 2. The fourth-order valence-corrected chi connectivity index (χ4v) is 5.72. The van der Waals surface area contributed by atoms with Crippen molar-refractivity contribution < 1.29 is 42.9 Å². The summed E-state index contributed by atoms with van der Waals surface area (Å²) in [7, 11) is 0. The van der Waals surface area contributed by atoms with Crippen LogP contribution in [0.3, 0.4) is 0 Å². The Hall–Kier alpha value is 0.880. The van der Waals surface area contributed by atoms with Crippen LogP contribution in [0.2, 0.25) is 0 Å². The summed E-state index contributed by atoms with van der Waals surface area (Å²) in [5.74, 6) is 0. The Kier molecular flexibility index (Phi) is 17.1. The minimum Gasteiger partial charge on any atom is -1.00 e. The summed E-state index contributed by atoms with van der Waals surface area (Å²) in [5.41, 5.74) is 0. The molecule has 2 aliphatic heterocycles. The van der Waals surface area contributed by atoms with Gasteiger partial charge < -0.3 is 42.9 Å². The quantitative estimate of drug-likeness (QED) is 0.237. The Labute approximate surface area is 198 Å². The Morgan fingerprint density at radius 3 is 1.00 bits per heavy atom. The van der Waals surface area contributed by atoms with Crippen LogP contribution in [0.4, 0.5) is 0 Å². The molecule has 170 valence electrons. The molecular formula is C24H50Br2N2. The number of hydrogen-bond acceptors (Lipinski definition) is 0. The van der Waals surface area contributed by atoms with Gasteiger partial charge in [-0.1, -0.05) is 25.7 Å². The molecule has 0 spiro atoms.